The SMILES string of the molecule is O=C(O)[C@H]1C[C@@H]1C(=O)OCc1ccccc1. The molecule has 0 saturated heterocycles. The molecule has 0 aliphatic heterocycles. The van der Waals surface area contributed by atoms with Crippen LogP contribution in [0, 0.1) is 11.8 Å². The topological polar surface area (TPSA) is 63.6 Å². The monoisotopic (exact) mass is 220 g/mol. The number of hydrogen-bond acceptors (Lipinski definition) is 3. The van der Waals surface area contributed by atoms with E-state index in [-0.39, 0.29) is 6.61 Å². The number of ether oxygens (including phenoxy) is 1. The molecular formula is C12H12O4. The predicted molar refractivity (Wildman–Crippen MR) is 55.5 cm³/mol. The van der Waals surface area contributed by atoms with Crippen molar-refractivity contribution in [1.29, 1.82) is 0 Å². The van der Waals surface area contributed by atoms with Crippen molar-refractivity contribution in [3.63, 3.8) is 0 Å². The van der Waals surface area contributed by atoms with Gasteiger partial charge in [-0.1, -0.05) is 30.3 Å². The molecule has 0 unspecified atom stereocenters. The Labute approximate surface area is 92.8 Å². The zero-order valence-corrected chi connectivity index (χ0v) is 8.63. The van der Waals surface area contributed by atoms with Crippen molar-refractivity contribution in [2.75, 3.05) is 0 Å². The minimum Gasteiger partial charge on any atom is -0.481 e. The van der Waals surface area contributed by atoms with E-state index in [4.69, 9.17) is 9.84 Å². The van der Waals surface area contributed by atoms with Gasteiger partial charge in [0.25, 0.3) is 0 Å². The Hall–Kier alpha value is -1.84. The Morgan fingerprint density at radius 3 is 2.50 bits per heavy atom. The molecule has 0 amide bonds. The molecule has 0 spiro atoms. The molecule has 4 nitrogen and oxygen atoms in total. The molecule has 16 heavy (non-hydrogen) atoms. The summed E-state index contributed by atoms with van der Waals surface area (Å²) in [5, 5.41) is 8.65. The van der Waals surface area contributed by atoms with Crippen LogP contribution in [-0.2, 0) is 20.9 Å². The maximum absolute atomic E-state index is 11.4. The van der Waals surface area contributed by atoms with Crippen molar-refractivity contribution >= 4 is 11.9 Å². The van der Waals surface area contributed by atoms with E-state index < -0.39 is 23.8 Å². The predicted octanol–water partition coefficient (Wildman–Crippen LogP) is 1.45. The van der Waals surface area contributed by atoms with Gasteiger partial charge in [-0.05, 0) is 12.0 Å². The van der Waals surface area contributed by atoms with Crippen LogP contribution in [0.4, 0.5) is 0 Å². The smallest absolute Gasteiger partial charge is 0.310 e. The molecule has 1 N–H and O–H groups in total. The summed E-state index contributed by atoms with van der Waals surface area (Å²) in [7, 11) is 0. The molecule has 0 bridgehead atoms. The fourth-order valence-electron chi connectivity index (χ4n) is 1.56. The number of carbonyl (C=O) groups excluding carboxylic acids is 1. The van der Waals surface area contributed by atoms with Gasteiger partial charge in [0, 0.05) is 0 Å². The highest BCUT2D eigenvalue weighted by Crippen LogP contribution is 2.39. The molecule has 2 rings (SSSR count). The van der Waals surface area contributed by atoms with Gasteiger partial charge < -0.3 is 9.84 Å². The summed E-state index contributed by atoms with van der Waals surface area (Å²) < 4.78 is 5.03. The van der Waals surface area contributed by atoms with Crippen LogP contribution in [0.25, 0.3) is 0 Å². The third-order valence-corrected chi connectivity index (χ3v) is 2.63. The number of esters is 1. The van der Waals surface area contributed by atoms with Crippen LogP contribution in [0.3, 0.4) is 0 Å². The molecule has 1 saturated carbocycles. The van der Waals surface area contributed by atoms with Gasteiger partial charge in [-0.2, -0.15) is 0 Å². The maximum atomic E-state index is 11.4. The number of hydrogen-bond donors (Lipinski definition) is 1. The van der Waals surface area contributed by atoms with Gasteiger partial charge in [-0.15, -0.1) is 0 Å². The minimum absolute atomic E-state index is 0.211. The average Bonchev–Trinajstić information content (AvgIpc) is 3.07. The number of carbonyl (C=O) groups is 2. The Balaban J connectivity index is 1.80. The first-order valence-electron chi connectivity index (χ1n) is 5.12. The molecule has 1 aromatic rings. The molecule has 2 atom stereocenters. The van der Waals surface area contributed by atoms with E-state index >= 15 is 0 Å². The minimum atomic E-state index is -0.915. The lowest BCUT2D eigenvalue weighted by Crippen LogP contribution is -2.11. The molecule has 1 aliphatic rings. The summed E-state index contributed by atoms with van der Waals surface area (Å²) in [6, 6.07) is 9.32. The first-order chi connectivity index (χ1) is 7.68. The van der Waals surface area contributed by atoms with Crippen LogP contribution in [0.1, 0.15) is 12.0 Å². The van der Waals surface area contributed by atoms with Gasteiger partial charge in [0.1, 0.15) is 6.61 Å². The quantitative estimate of drug-likeness (QED) is 0.780. The largest absolute Gasteiger partial charge is 0.481 e. The summed E-state index contributed by atoms with van der Waals surface area (Å²) >= 11 is 0. The molecule has 1 aliphatic carbocycles. The molecule has 1 aromatic carbocycles. The lowest BCUT2D eigenvalue weighted by molar-refractivity contribution is -0.149. The first-order valence-corrected chi connectivity index (χ1v) is 5.12. The summed E-state index contributed by atoms with van der Waals surface area (Å²) in [6.07, 6.45) is 0.406. The highest BCUT2D eigenvalue weighted by atomic mass is 16.5. The van der Waals surface area contributed by atoms with E-state index in [0.717, 1.165) is 5.56 Å². The van der Waals surface area contributed by atoms with Gasteiger partial charge in [0.2, 0.25) is 0 Å². The molecule has 0 heterocycles. The molecule has 1 fully saturated rings. The highest BCUT2D eigenvalue weighted by molar-refractivity contribution is 5.86. The second-order valence-corrected chi connectivity index (χ2v) is 3.88. The van der Waals surface area contributed by atoms with Crippen molar-refractivity contribution in [2.45, 2.75) is 13.0 Å². The van der Waals surface area contributed by atoms with Crippen LogP contribution >= 0.6 is 0 Å². The number of carboxylic acids is 1. The van der Waals surface area contributed by atoms with E-state index in [1.807, 2.05) is 30.3 Å². The van der Waals surface area contributed by atoms with Gasteiger partial charge in [-0.3, -0.25) is 9.59 Å². The Morgan fingerprint density at radius 1 is 1.25 bits per heavy atom. The van der Waals surface area contributed by atoms with E-state index in [2.05, 4.69) is 0 Å². The molecule has 84 valence electrons. The standard InChI is InChI=1S/C12H12O4/c13-11(14)9-6-10(9)12(15)16-7-8-4-2-1-3-5-8/h1-5,9-10H,6-7H2,(H,13,14)/t9-,10-/m0/s1. The number of rotatable bonds is 4. The van der Waals surface area contributed by atoms with Crippen LogP contribution in [0.5, 0.6) is 0 Å². The second-order valence-electron chi connectivity index (χ2n) is 3.88. The summed E-state index contributed by atoms with van der Waals surface area (Å²) in [4.78, 5) is 22.0. The Bertz CT molecular complexity index is 399. The number of aliphatic carboxylic acids is 1. The van der Waals surface area contributed by atoms with Crippen LogP contribution in [0.15, 0.2) is 30.3 Å². The molecule has 4 heteroatoms. The van der Waals surface area contributed by atoms with Crippen molar-refractivity contribution in [3.8, 4) is 0 Å². The van der Waals surface area contributed by atoms with E-state index in [0.29, 0.717) is 6.42 Å². The molecular weight excluding hydrogens is 208 g/mol. The van der Waals surface area contributed by atoms with E-state index in [9.17, 15) is 9.59 Å². The second kappa shape index (κ2) is 4.35. The van der Waals surface area contributed by atoms with Gasteiger partial charge >= 0.3 is 11.9 Å². The number of carboxylic acid groups (broad SMARTS) is 1. The fraction of sp³-hybridized carbons (Fsp3) is 0.333. The lowest BCUT2D eigenvalue weighted by Gasteiger charge is -2.03. The van der Waals surface area contributed by atoms with Crippen LogP contribution in [0.2, 0.25) is 0 Å². The van der Waals surface area contributed by atoms with Gasteiger partial charge in [0.15, 0.2) is 0 Å². The Morgan fingerprint density at radius 2 is 1.94 bits per heavy atom. The Kier molecular flexibility index (Phi) is 2.90. The van der Waals surface area contributed by atoms with Crippen molar-refractivity contribution in [3.05, 3.63) is 35.9 Å². The summed E-state index contributed by atoms with van der Waals surface area (Å²) in [5.41, 5.74) is 0.906. The van der Waals surface area contributed by atoms with E-state index in [1.165, 1.54) is 0 Å². The van der Waals surface area contributed by atoms with Gasteiger partial charge in [-0.25, -0.2) is 0 Å². The molecule has 0 radical (unpaired) electrons. The average molecular weight is 220 g/mol. The van der Waals surface area contributed by atoms with Gasteiger partial charge in [0.05, 0.1) is 11.8 Å². The first kappa shape index (κ1) is 10.7. The number of benzene rings is 1. The summed E-state index contributed by atoms with van der Waals surface area (Å²) in [6.45, 7) is 0.211. The normalized spacial score (nSPS) is 22.5. The van der Waals surface area contributed by atoms with E-state index in [1.54, 1.807) is 0 Å². The maximum Gasteiger partial charge on any atom is 0.310 e. The molecule has 0 aromatic heterocycles. The van der Waals surface area contributed by atoms with Crippen molar-refractivity contribution in [2.24, 2.45) is 11.8 Å². The van der Waals surface area contributed by atoms with Crippen LogP contribution < -0.4 is 0 Å². The zero-order chi connectivity index (χ0) is 11.5. The van der Waals surface area contributed by atoms with Crippen molar-refractivity contribution < 1.29 is 19.4 Å². The third-order valence-electron chi connectivity index (χ3n) is 2.63. The zero-order valence-electron chi connectivity index (χ0n) is 8.63. The van der Waals surface area contributed by atoms with Crippen LogP contribution in [-0.4, -0.2) is 17.0 Å². The van der Waals surface area contributed by atoms with Crippen molar-refractivity contribution in [1.82, 2.24) is 0 Å². The third kappa shape index (κ3) is 2.39. The fourth-order valence-corrected chi connectivity index (χ4v) is 1.56. The lowest BCUT2D eigenvalue weighted by atomic mass is 10.2. The highest BCUT2D eigenvalue weighted by Gasteiger charge is 2.49. The summed E-state index contributed by atoms with van der Waals surface area (Å²) in [5.74, 6) is -2.30.